The van der Waals surface area contributed by atoms with E-state index < -0.39 is 31.5 Å². The van der Waals surface area contributed by atoms with Crippen LogP contribution in [-0.2, 0) is 14.6 Å². The van der Waals surface area contributed by atoms with Crippen LogP contribution in [0.4, 0.5) is 8.78 Å². The van der Waals surface area contributed by atoms with Crippen LogP contribution in [0.25, 0.3) is 0 Å². The number of rotatable bonds is 2. The lowest BCUT2D eigenvalue weighted by molar-refractivity contribution is 0.231. The van der Waals surface area contributed by atoms with Gasteiger partial charge >= 0.3 is 0 Å². The van der Waals surface area contributed by atoms with Gasteiger partial charge in [-0.25, -0.2) is 17.2 Å². The number of fused-ring (bicyclic) bond motifs is 3. The summed E-state index contributed by atoms with van der Waals surface area (Å²) < 4.78 is 60.4. The molecule has 138 valence electrons. The van der Waals surface area contributed by atoms with Gasteiger partial charge in [-0.3, -0.25) is 0 Å². The fraction of sp³-hybridized carbons (Fsp3) is 0.333. The number of halogens is 3. The van der Waals surface area contributed by atoms with E-state index in [9.17, 15) is 17.2 Å². The van der Waals surface area contributed by atoms with Crippen LogP contribution in [0.1, 0.15) is 18.4 Å². The lowest BCUT2D eigenvalue weighted by atomic mass is 9.86. The molecule has 4 rings (SSSR count). The molecule has 0 radical (unpaired) electrons. The van der Waals surface area contributed by atoms with Crippen LogP contribution in [0.2, 0.25) is 5.02 Å². The Labute approximate surface area is 159 Å². The van der Waals surface area contributed by atoms with Gasteiger partial charge in [0.05, 0.1) is 15.7 Å². The zero-order chi connectivity index (χ0) is 18.5. The van der Waals surface area contributed by atoms with Gasteiger partial charge in [-0.1, -0.05) is 11.6 Å². The number of ether oxygens (including phenoxy) is 1. The molecule has 0 bridgehead atoms. The molecule has 2 heterocycles. The number of thioether (sulfide) groups is 1. The van der Waals surface area contributed by atoms with Crippen LogP contribution in [0.15, 0.2) is 41.3 Å². The van der Waals surface area contributed by atoms with Crippen molar-refractivity contribution < 1.29 is 21.9 Å². The van der Waals surface area contributed by atoms with Gasteiger partial charge in [-0.2, -0.15) is 11.8 Å². The Kier molecular flexibility index (Phi) is 4.44. The van der Waals surface area contributed by atoms with E-state index in [1.54, 1.807) is 0 Å². The van der Waals surface area contributed by atoms with Gasteiger partial charge in [-0.05, 0) is 55.0 Å². The zero-order valence-corrected chi connectivity index (χ0v) is 15.9. The summed E-state index contributed by atoms with van der Waals surface area (Å²) in [5, 5.41) is -0.110. The highest BCUT2D eigenvalue weighted by molar-refractivity contribution is 8.01. The molecule has 2 aromatic carbocycles. The highest BCUT2D eigenvalue weighted by Gasteiger charge is 2.58. The molecule has 0 spiro atoms. The second-order valence-electron chi connectivity index (χ2n) is 6.35. The molecule has 0 N–H and O–H groups in total. The highest BCUT2D eigenvalue weighted by Crippen LogP contribution is 2.55. The van der Waals surface area contributed by atoms with E-state index in [4.69, 9.17) is 16.3 Å². The number of benzene rings is 2. The van der Waals surface area contributed by atoms with Gasteiger partial charge in [0.15, 0.2) is 21.4 Å². The molecule has 1 unspecified atom stereocenters. The summed E-state index contributed by atoms with van der Waals surface area (Å²) in [7, 11) is -4.02. The third-order valence-corrected chi connectivity index (χ3v) is 9.41. The first-order chi connectivity index (χ1) is 12.4. The average Bonchev–Trinajstić information content (AvgIpc) is 2.64. The van der Waals surface area contributed by atoms with Crippen molar-refractivity contribution in [1.82, 2.24) is 0 Å². The Hall–Kier alpha value is -1.31. The van der Waals surface area contributed by atoms with Crippen LogP contribution in [0, 0.1) is 11.6 Å². The number of hydrogen-bond donors (Lipinski definition) is 0. The van der Waals surface area contributed by atoms with Crippen molar-refractivity contribution in [1.29, 1.82) is 0 Å². The SMILES string of the molecule is O=S(=O)(c1ccc(Cl)cc1)C12CCCS[C@H]1COc1c(F)ccc(F)c12. The number of hydrogen-bond acceptors (Lipinski definition) is 4. The van der Waals surface area contributed by atoms with E-state index in [0.29, 0.717) is 11.4 Å². The molecule has 2 aliphatic heterocycles. The van der Waals surface area contributed by atoms with Crippen molar-refractivity contribution in [3.8, 4) is 5.75 Å². The lowest BCUT2D eigenvalue weighted by Crippen LogP contribution is -2.53. The molecular weight excluding hydrogens is 402 g/mol. The second kappa shape index (κ2) is 6.39. The summed E-state index contributed by atoms with van der Waals surface area (Å²) in [5.74, 6) is -1.05. The van der Waals surface area contributed by atoms with Gasteiger partial charge in [0.1, 0.15) is 17.2 Å². The Balaban J connectivity index is 2.02. The molecule has 2 atom stereocenters. The average molecular weight is 417 g/mol. The van der Waals surface area contributed by atoms with Crippen molar-refractivity contribution >= 4 is 33.2 Å². The van der Waals surface area contributed by atoms with Crippen molar-refractivity contribution in [3.05, 3.63) is 58.6 Å². The van der Waals surface area contributed by atoms with Gasteiger partial charge in [0.25, 0.3) is 0 Å². The Bertz CT molecular complexity index is 963. The maximum Gasteiger partial charge on any atom is 0.189 e. The van der Waals surface area contributed by atoms with Gasteiger partial charge < -0.3 is 4.74 Å². The van der Waals surface area contributed by atoms with Crippen LogP contribution < -0.4 is 4.74 Å². The first-order valence-electron chi connectivity index (χ1n) is 8.11. The first kappa shape index (κ1) is 18.1. The summed E-state index contributed by atoms with van der Waals surface area (Å²) in [6.45, 7) is 0.0187. The molecule has 2 aromatic rings. The summed E-state index contributed by atoms with van der Waals surface area (Å²) >= 11 is 7.31. The lowest BCUT2D eigenvalue weighted by Gasteiger charge is -2.46. The zero-order valence-electron chi connectivity index (χ0n) is 13.5. The minimum absolute atomic E-state index is 0.0187. The van der Waals surface area contributed by atoms with Crippen LogP contribution >= 0.6 is 23.4 Å². The molecule has 0 aromatic heterocycles. The quantitative estimate of drug-likeness (QED) is 0.719. The second-order valence-corrected chi connectivity index (χ2v) is 10.3. The van der Waals surface area contributed by atoms with E-state index in [2.05, 4.69) is 0 Å². The minimum atomic E-state index is -4.02. The van der Waals surface area contributed by atoms with Gasteiger partial charge in [0, 0.05) is 5.02 Å². The molecule has 1 saturated heterocycles. The monoisotopic (exact) mass is 416 g/mol. The van der Waals surface area contributed by atoms with Crippen molar-refractivity contribution in [2.45, 2.75) is 27.7 Å². The Morgan fingerprint density at radius 2 is 1.81 bits per heavy atom. The number of sulfone groups is 1. The van der Waals surface area contributed by atoms with Crippen molar-refractivity contribution in [2.24, 2.45) is 0 Å². The molecule has 0 amide bonds. The van der Waals surface area contributed by atoms with E-state index in [1.165, 1.54) is 36.0 Å². The predicted molar refractivity (Wildman–Crippen MR) is 97.6 cm³/mol. The normalized spacial score (nSPS) is 25.1. The van der Waals surface area contributed by atoms with E-state index in [0.717, 1.165) is 17.9 Å². The fourth-order valence-electron chi connectivity index (χ4n) is 3.82. The largest absolute Gasteiger partial charge is 0.489 e. The summed E-state index contributed by atoms with van der Waals surface area (Å²) in [5.41, 5.74) is -0.184. The van der Waals surface area contributed by atoms with Gasteiger partial charge in [0.2, 0.25) is 0 Å². The molecule has 3 nitrogen and oxygen atoms in total. The van der Waals surface area contributed by atoms with Crippen molar-refractivity contribution in [3.63, 3.8) is 0 Å². The predicted octanol–water partition coefficient (Wildman–Crippen LogP) is 4.58. The third kappa shape index (κ3) is 2.47. The fourth-order valence-corrected chi connectivity index (χ4v) is 7.99. The summed E-state index contributed by atoms with van der Waals surface area (Å²) in [4.78, 5) is 0.0471. The van der Waals surface area contributed by atoms with Crippen molar-refractivity contribution in [2.75, 3.05) is 12.4 Å². The molecule has 8 heteroatoms. The smallest absolute Gasteiger partial charge is 0.189 e. The summed E-state index contributed by atoms with van der Waals surface area (Å²) in [6, 6.07) is 7.73. The third-order valence-electron chi connectivity index (χ3n) is 5.00. The Morgan fingerprint density at radius 1 is 1.12 bits per heavy atom. The topological polar surface area (TPSA) is 43.4 Å². The summed E-state index contributed by atoms with van der Waals surface area (Å²) in [6.07, 6.45) is 0.801. The van der Waals surface area contributed by atoms with Crippen LogP contribution in [0.5, 0.6) is 5.75 Å². The molecule has 0 aliphatic carbocycles. The van der Waals surface area contributed by atoms with Crippen LogP contribution in [-0.4, -0.2) is 26.0 Å². The van der Waals surface area contributed by atoms with Gasteiger partial charge in [-0.15, -0.1) is 0 Å². The maximum absolute atomic E-state index is 14.8. The van der Waals surface area contributed by atoms with E-state index in [1.807, 2.05) is 0 Å². The Morgan fingerprint density at radius 3 is 2.54 bits per heavy atom. The molecule has 26 heavy (non-hydrogen) atoms. The molecule has 0 saturated carbocycles. The van der Waals surface area contributed by atoms with E-state index >= 15 is 0 Å². The molecule has 1 fully saturated rings. The highest BCUT2D eigenvalue weighted by atomic mass is 35.5. The molecular formula is C18H15ClF2O3S2. The molecule has 2 aliphatic rings. The standard InChI is InChI=1S/C18H15ClF2O3S2/c19-11-2-4-12(5-3-11)26(22,23)18-8-1-9-25-15(18)10-24-17-14(21)7-6-13(20)16(17)18/h2-7,15H,1,8-10H2/t15-,18?/m0/s1. The maximum atomic E-state index is 14.8. The van der Waals surface area contributed by atoms with Crippen LogP contribution in [0.3, 0.4) is 0 Å². The van der Waals surface area contributed by atoms with E-state index in [-0.39, 0.29) is 29.2 Å². The minimum Gasteiger partial charge on any atom is -0.489 e. The first-order valence-corrected chi connectivity index (χ1v) is 11.0.